The van der Waals surface area contributed by atoms with E-state index in [1.54, 1.807) is 6.26 Å². The lowest BCUT2D eigenvalue weighted by atomic mass is 9.96. The normalized spacial score (nSPS) is 13.0. The molecule has 2 aromatic rings. The Labute approximate surface area is 102 Å². The number of aryl methyl sites for hydroxylation is 1. The molecule has 1 unspecified atom stereocenters. The van der Waals surface area contributed by atoms with Gasteiger partial charge in [0.2, 0.25) is 0 Å². The van der Waals surface area contributed by atoms with Crippen LogP contribution in [0.5, 0.6) is 0 Å². The highest BCUT2D eigenvalue weighted by atomic mass is 16.3. The molecule has 2 heteroatoms. The highest BCUT2D eigenvalue weighted by molar-refractivity contribution is 5.34. The lowest BCUT2D eigenvalue weighted by Crippen LogP contribution is -2.12. The molecular formula is C15H19NO. The van der Waals surface area contributed by atoms with Gasteiger partial charge in [0.1, 0.15) is 5.76 Å². The Morgan fingerprint density at radius 1 is 1.00 bits per heavy atom. The molecule has 0 radical (unpaired) electrons. The van der Waals surface area contributed by atoms with Gasteiger partial charge < -0.3 is 10.2 Å². The zero-order valence-electron chi connectivity index (χ0n) is 10.6. The van der Waals surface area contributed by atoms with Crippen LogP contribution in [0.3, 0.4) is 0 Å². The van der Waals surface area contributed by atoms with Crippen LogP contribution in [0.2, 0.25) is 0 Å². The van der Waals surface area contributed by atoms with Crippen LogP contribution < -0.4 is 5.73 Å². The van der Waals surface area contributed by atoms with Crippen molar-refractivity contribution in [3.63, 3.8) is 0 Å². The number of rotatable bonds is 3. The van der Waals surface area contributed by atoms with Crippen molar-refractivity contribution in [1.82, 2.24) is 0 Å². The van der Waals surface area contributed by atoms with E-state index in [1.165, 1.54) is 5.56 Å². The van der Waals surface area contributed by atoms with E-state index in [-0.39, 0.29) is 6.04 Å². The molecule has 0 amide bonds. The van der Waals surface area contributed by atoms with Crippen LogP contribution in [-0.4, -0.2) is 0 Å². The molecule has 0 fully saturated rings. The molecular weight excluding hydrogens is 210 g/mol. The second-order valence-corrected chi connectivity index (χ2v) is 4.73. The molecule has 0 aliphatic carbocycles. The van der Waals surface area contributed by atoms with E-state index in [1.807, 2.05) is 13.0 Å². The summed E-state index contributed by atoms with van der Waals surface area (Å²) in [5.74, 6) is 1.45. The van der Waals surface area contributed by atoms with Crippen LogP contribution in [0, 0.1) is 6.92 Å². The minimum atomic E-state index is -0.102. The maximum absolute atomic E-state index is 6.23. The first kappa shape index (κ1) is 11.9. The largest absolute Gasteiger partial charge is 0.469 e. The summed E-state index contributed by atoms with van der Waals surface area (Å²) in [6.07, 6.45) is 1.69. The lowest BCUT2D eigenvalue weighted by Gasteiger charge is -2.13. The first-order valence-electron chi connectivity index (χ1n) is 5.99. The fourth-order valence-corrected chi connectivity index (χ4v) is 1.99. The zero-order chi connectivity index (χ0) is 12.4. The molecule has 0 saturated heterocycles. The SMILES string of the molecule is Cc1occc1C(N)c1ccc(C(C)C)cc1. The van der Waals surface area contributed by atoms with Gasteiger partial charge in [0.05, 0.1) is 12.3 Å². The Morgan fingerprint density at radius 3 is 2.06 bits per heavy atom. The van der Waals surface area contributed by atoms with Gasteiger partial charge in [-0.3, -0.25) is 0 Å². The van der Waals surface area contributed by atoms with E-state index in [0.29, 0.717) is 5.92 Å². The predicted molar refractivity (Wildman–Crippen MR) is 70.0 cm³/mol. The molecule has 1 aromatic heterocycles. The van der Waals surface area contributed by atoms with E-state index < -0.39 is 0 Å². The summed E-state index contributed by atoms with van der Waals surface area (Å²) >= 11 is 0. The number of hydrogen-bond acceptors (Lipinski definition) is 2. The van der Waals surface area contributed by atoms with Crippen LogP contribution in [0.25, 0.3) is 0 Å². The third kappa shape index (κ3) is 2.42. The summed E-state index contributed by atoms with van der Waals surface area (Å²) in [4.78, 5) is 0. The van der Waals surface area contributed by atoms with Gasteiger partial charge in [0.25, 0.3) is 0 Å². The highest BCUT2D eigenvalue weighted by Gasteiger charge is 2.13. The number of hydrogen-bond donors (Lipinski definition) is 1. The van der Waals surface area contributed by atoms with Crippen molar-refractivity contribution in [3.05, 3.63) is 59.0 Å². The van der Waals surface area contributed by atoms with E-state index in [2.05, 4.69) is 38.1 Å². The second kappa shape index (κ2) is 4.76. The van der Waals surface area contributed by atoms with Crippen LogP contribution in [-0.2, 0) is 0 Å². The van der Waals surface area contributed by atoms with Crippen LogP contribution in [0.1, 0.15) is 48.3 Å². The molecule has 1 atom stereocenters. The maximum atomic E-state index is 6.23. The van der Waals surface area contributed by atoms with E-state index in [4.69, 9.17) is 10.2 Å². The second-order valence-electron chi connectivity index (χ2n) is 4.73. The first-order chi connectivity index (χ1) is 8.09. The van der Waals surface area contributed by atoms with Crippen molar-refractivity contribution in [2.45, 2.75) is 32.7 Å². The van der Waals surface area contributed by atoms with Crippen molar-refractivity contribution >= 4 is 0 Å². The molecule has 2 rings (SSSR count). The van der Waals surface area contributed by atoms with Gasteiger partial charge in [-0.25, -0.2) is 0 Å². The third-order valence-electron chi connectivity index (χ3n) is 3.20. The molecule has 1 heterocycles. The summed E-state index contributed by atoms with van der Waals surface area (Å²) in [5.41, 5.74) is 9.75. The summed E-state index contributed by atoms with van der Waals surface area (Å²) in [6.45, 7) is 6.32. The molecule has 2 N–H and O–H groups in total. The van der Waals surface area contributed by atoms with Crippen LogP contribution in [0.15, 0.2) is 41.0 Å². The first-order valence-corrected chi connectivity index (χ1v) is 5.99. The molecule has 0 saturated carbocycles. The monoisotopic (exact) mass is 229 g/mol. The van der Waals surface area contributed by atoms with Crippen LogP contribution in [0.4, 0.5) is 0 Å². The standard InChI is InChI=1S/C15H19NO/c1-10(2)12-4-6-13(7-5-12)15(16)14-8-9-17-11(14)3/h4-10,15H,16H2,1-3H3. The van der Waals surface area contributed by atoms with Gasteiger partial charge in [0.15, 0.2) is 0 Å². The summed E-state index contributed by atoms with van der Waals surface area (Å²) in [7, 11) is 0. The van der Waals surface area contributed by atoms with Gasteiger partial charge in [0, 0.05) is 5.56 Å². The van der Waals surface area contributed by atoms with Crippen molar-refractivity contribution < 1.29 is 4.42 Å². The van der Waals surface area contributed by atoms with Crippen molar-refractivity contribution in [1.29, 1.82) is 0 Å². The maximum Gasteiger partial charge on any atom is 0.105 e. The van der Waals surface area contributed by atoms with Gasteiger partial charge in [-0.2, -0.15) is 0 Å². The van der Waals surface area contributed by atoms with Crippen molar-refractivity contribution in [2.75, 3.05) is 0 Å². The van der Waals surface area contributed by atoms with Crippen LogP contribution >= 0.6 is 0 Å². The third-order valence-corrected chi connectivity index (χ3v) is 3.20. The van der Waals surface area contributed by atoms with E-state index in [9.17, 15) is 0 Å². The minimum Gasteiger partial charge on any atom is -0.469 e. The highest BCUT2D eigenvalue weighted by Crippen LogP contribution is 2.24. The topological polar surface area (TPSA) is 39.2 Å². The fourth-order valence-electron chi connectivity index (χ4n) is 1.99. The van der Waals surface area contributed by atoms with E-state index in [0.717, 1.165) is 16.9 Å². The fraction of sp³-hybridized carbons (Fsp3) is 0.333. The molecule has 0 spiro atoms. The number of benzene rings is 1. The molecule has 17 heavy (non-hydrogen) atoms. The van der Waals surface area contributed by atoms with Crippen molar-refractivity contribution in [2.24, 2.45) is 5.73 Å². The van der Waals surface area contributed by atoms with Crippen molar-refractivity contribution in [3.8, 4) is 0 Å². The Kier molecular flexibility index (Phi) is 3.34. The average molecular weight is 229 g/mol. The number of furan rings is 1. The quantitative estimate of drug-likeness (QED) is 0.870. The Balaban J connectivity index is 2.26. The smallest absolute Gasteiger partial charge is 0.105 e. The van der Waals surface area contributed by atoms with Gasteiger partial charge in [-0.15, -0.1) is 0 Å². The van der Waals surface area contributed by atoms with E-state index >= 15 is 0 Å². The predicted octanol–water partition coefficient (Wildman–Crippen LogP) is 3.76. The minimum absolute atomic E-state index is 0.102. The summed E-state index contributed by atoms with van der Waals surface area (Å²) in [5, 5.41) is 0. The molecule has 0 aliphatic rings. The zero-order valence-corrected chi connectivity index (χ0v) is 10.6. The van der Waals surface area contributed by atoms with Gasteiger partial charge >= 0.3 is 0 Å². The average Bonchev–Trinajstić information content (AvgIpc) is 2.74. The molecule has 0 bridgehead atoms. The lowest BCUT2D eigenvalue weighted by molar-refractivity contribution is 0.527. The molecule has 1 aromatic carbocycles. The molecule has 2 nitrogen and oxygen atoms in total. The Bertz CT molecular complexity index is 482. The van der Waals surface area contributed by atoms with Gasteiger partial charge in [-0.05, 0) is 30.0 Å². The summed E-state index contributed by atoms with van der Waals surface area (Å²) < 4.78 is 5.29. The Morgan fingerprint density at radius 2 is 1.59 bits per heavy atom. The molecule has 0 aliphatic heterocycles. The number of nitrogens with two attached hydrogens (primary N) is 1. The van der Waals surface area contributed by atoms with Gasteiger partial charge in [-0.1, -0.05) is 38.1 Å². The molecule has 90 valence electrons. The summed E-state index contributed by atoms with van der Waals surface area (Å²) in [6, 6.07) is 10.3. The Hall–Kier alpha value is -1.54.